The lowest BCUT2D eigenvalue weighted by Gasteiger charge is -2.11. The third kappa shape index (κ3) is 6.83. The van der Waals surface area contributed by atoms with Gasteiger partial charge in [0.1, 0.15) is 12.6 Å². The average Bonchev–Trinajstić information content (AvgIpc) is 2.09. The lowest BCUT2D eigenvalue weighted by molar-refractivity contribution is -0.143. The van der Waals surface area contributed by atoms with Gasteiger partial charge in [-0.1, -0.05) is 12.7 Å². The van der Waals surface area contributed by atoms with Gasteiger partial charge in [-0.25, -0.2) is 0 Å². The average molecular weight is 221 g/mol. The van der Waals surface area contributed by atoms with Gasteiger partial charge in [0, 0.05) is 12.8 Å². The van der Waals surface area contributed by atoms with Gasteiger partial charge in [0.25, 0.3) is 0 Å². The molecule has 5 nitrogen and oxygen atoms in total. The molecule has 0 aromatic rings. The second kappa shape index (κ2) is 5.96. The van der Waals surface area contributed by atoms with Crippen molar-refractivity contribution in [1.29, 1.82) is 0 Å². The Bertz CT molecular complexity index is 248. The molecular weight excluding hydrogens is 205 g/mol. The second-order valence-electron chi connectivity index (χ2n) is 3.09. The van der Waals surface area contributed by atoms with Crippen molar-refractivity contribution < 1.29 is 19.0 Å². The van der Waals surface area contributed by atoms with Crippen LogP contribution in [0.1, 0.15) is 6.42 Å². The van der Waals surface area contributed by atoms with Crippen molar-refractivity contribution in [2.45, 2.75) is 12.5 Å². The first-order valence-corrected chi connectivity index (χ1v) is 6.48. The van der Waals surface area contributed by atoms with Gasteiger partial charge in [0.15, 0.2) is 7.37 Å². The molecule has 82 valence electrons. The number of esters is 1. The summed E-state index contributed by atoms with van der Waals surface area (Å²) in [6.45, 7) is 4.71. The number of carbonyl (C=O) groups is 1. The molecule has 2 unspecified atom stereocenters. The Morgan fingerprint density at radius 2 is 2.36 bits per heavy atom. The van der Waals surface area contributed by atoms with E-state index in [0.717, 1.165) is 0 Å². The maximum Gasteiger partial charge on any atom is 0.323 e. The van der Waals surface area contributed by atoms with Gasteiger partial charge in [-0.15, -0.1) is 0 Å². The molecule has 0 radical (unpaired) electrons. The number of carbonyl (C=O) groups excluding carboxylic acids is 1. The summed E-state index contributed by atoms with van der Waals surface area (Å²) in [5.41, 5.74) is 5.42. The van der Waals surface area contributed by atoms with E-state index >= 15 is 0 Å². The van der Waals surface area contributed by atoms with E-state index in [4.69, 9.17) is 10.6 Å². The highest BCUT2D eigenvalue weighted by molar-refractivity contribution is 7.57. The summed E-state index contributed by atoms with van der Waals surface area (Å²) in [6.07, 6.45) is 1.61. The first-order chi connectivity index (χ1) is 6.37. The molecule has 0 heterocycles. The molecular formula is C8H16NO4P. The predicted octanol–water partition coefficient (Wildman–Crippen LogP) is 0.333. The number of hydrogen-bond donors (Lipinski definition) is 2. The van der Waals surface area contributed by atoms with Crippen LogP contribution in [-0.4, -0.2) is 36.3 Å². The molecule has 3 N–H and O–H groups in total. The molecule has 0 rings (SSSR count). The third-order valence-electron chi connectivity index (χ3n) is 1.50. The van der Waals surface area contributed by atoms with E-state index in [1.54, 1.807) is 0 Å². The molecule has 0 aliphatic carbocycles. The Morgan fingerprint density at radius 1 is 1.79 bits per heavy atom. The second-order valence-corrected chi connectivity index (χ2v) is 5.64. The van der Waals surface area contributed by atoms with Crippen molar-refractivity contribution in [3.05, 3.63) is 12.7 Å². The molecule has 0 aromatic heterocycles. The minimum Gasteiger partial charge on any atom is -0.460 e. The normalized spacial score (nSPS) is 16.8. The van der Waals surface area contributed by atoms with Gasteiger partial charge in [0.2, 0.25) is 0 Å². The molecule has 0 aromatic carbocycles. The van der Waals surface area contributed by atoms with Crippen LogP contribution in [0.2, 0.25) is 0 Å². The van der Waals surface area contributed by atoms with Crippen LogP contribution in [0.4, 0.5) is 0 Å². The molecule has 0 aliphatic heterocycles. The Balaban J connectivity index is 3.84. The van der Waals surface area contributed by atoms with Crippen LogP contribution < -0.4 is 5.73 Å². The molecule has 0 spiro atoms. The van der Waals surface area contributed by atoms with Crippen LogP contribution >= 0.6 is 7.37 Å². The van der Waals surface area contributed by atoms with Crippen LogP contribution in [0.25, 0.3) is 0 Å². The summed E-state index contributed by atoms with van der Waals surface area (Å²) in [7, 11) is -3.09. The van der Waals surface area contributed by atoms with Crippen molar-refractivity contribution in [3.8, 4) is 0 Å². The Morgan fingerprint density at radius 3 is 2.79 bits per heavy atom. The van der Waals surface area contributed by atoms with Gasteiger partial charge < -0.3 is 15.4 Å². The van der Waals surface area contributed by atoms with Gasteiger partial charge in [-0.3, -0.25) is 9.36 Å². The summed E-state index contributed by atoms with van der Waals surface area (Å²) in [4.78, 5) is 20.0. The topological polar surface area (TPSA) is 89.6 Å². The van der Waals surface area contributed by atoms with Crippen molar-refractivity contribution in [2.75, 3.05) is 19.4 Å². The minimum atomic E-state index is -3.09. The summed E-state index contributed by atoms with van der Waals surface area (Å²) in [5, 5.41) is 0. The third-order valence-corrected chi connectivity index (χ3v) is 2.59. The highest BCUT2D eigenvalue weighted by Crippen LogP contribution is 2.35. The van der Waals surface area contributed by atoms with Crippen LogP contribution in [0.5, 0.6) is 0 Å². The lowest BCUT2D eigenvalue weighted by atomic mass is 10.2. The quantitative estimate of drug-likeness (QED) is 0.383. The molecule has 2 atom stereocenters. The zero-order chi connectivity index (χ0) is 11.2. The van der Waals surface area contributed by atoms with Gasteiger partial charge in [-0.05, 0) is 6.42 Å². The van der Waals surface area contributed by atoms with E-state index in [-0.39, 0.29) is 19.2 Å². The summed E-state index contributed by atoms with van der Waals surface area (Å²) < 4.78 is 15.6. The number of hydrogen-bond acceptors (Lipinski definition) is 4. The molecule has 0 saturated heterocycles. The molecule has 0 fully saturated rings. The van der Waals surface area contributed by atoms with Crippen LogP contribution in [0, 0.1) is 0 Å². The van der Waals surface area contributed by atoms with E-state index in [1.165, 1.54) is 12.7 Å². The highest BCUT2D eigenvalue weighted by atomic mass is 31.2. The molecule has 6 heteroatoms. The van der Waals surface area contributed by atoms with Crippen LogP contribution in [0.3, 0.4) is 0 Å². The summed E-state index contributed by atoms with van der Waals surface area (Å²) in [6, 6.07) is -0.838. The fourth-order valence-electron chi connectivity index (χ4n) is 0.745. The monoisotopic (exact) mass is 221 g/mol. The Kier molecular flexibility index (Phi) is 5.69. The molecule has 0 bridgehead atoms. The fraction of sp³-hybridized carbons (Fsp3) is 0.625. The first-order valence-electron chi connectivity index (χ1n) is 4.19. The summed E-state index contributed by atoms with van der Waals surface area (Å²) >= 11 is 0. The van der Waals surface area contributed by atoms with E-state index in [9.17, 15) is 9.36 Å². The molecule has 14 heavy (non-hydrogen) atoms. The molecule has 0 amide bonds. The van der Waals surface area contributed by atoms with Gasteiger partial charge >= 0.3 is 5.97 Å². The maximum absolute atomic E-state index is 11.1. The van der Waals surface area contributed by atoms with Crippen molar-refractivity contribution in [3.63, 3.8) is 0 Å². The highest BCUT2D eigenvalue weighted by Gasteiger charge is 2.18. The fourth-order valence-corrected chi connectivity index (χ4v) is 1.50. The predicted molar refractivity (Wildman–Crippen MR) is 54.4 cm³/mol. The largest absolute Gasteiger partial charge is 0.460 e. The number of nitrogens with two attached hydrogens (primary N) is 1. The van der Waals surface area contributed by atoms with Gasteiger partial charge in [0.05, 0.1) is 0 Å². The van der Waals surface area contributed by atoms with Crippen LogP contribution in [-0.2, 0) is 14.1 Å². The lowest BCUT2D eigenvalue weighted by Crippen LogP contribution is -2.33. The van der Waals surface area contributed by atoms with Crippen LogP contribution in [0.15, 0.2) is 12.7 Å². The van der Waals surface area contributed by atoms with Crippen molar-refractivity contribution in [1.82, 2.24) is 0 Å². The standard InChI is InChI=1S/C8H16NO4P/c1-3-5-13-8(10)7(9)4-6-14(2,11)12/h3,7H,1,4-6,9H2,2H3,(H,11,12). The van der Waals surface area contributed by atoms with Crippen molar-refractivity contribution in [2.24, 2.45) is 5.73 Å². The zero-order valence-electron chi connectivity index (χ0n) is 8.18. The van der Waals surface area contributed by atoms with E-state index in [1.807, 2.05) is 0 Å². The van der Waals surface area contributed by atoms with E-state index < -0.39 is 19.4 Å². The van der Waals surface area contributed by atoms with Gasteiger partial charge in [-0.2, -0.15) is 0 Å². The minimum absolute atomic E-state index is 0.0252. The van der Waals surface area contributed by atoms with E-state index in [0.29, 0.717) is 0 Å². The number of rotatable bonds is 6. The van der Waals surface area contributed by atoms with Crippen molar-refractivity contribution >= 4 is 13.3 Å². The Labute approximate surface area is 83.4 Å². The molecule has 0 aliphatic rings. The van der Waals surface area contributed by atoms with E-state index in [2.05, 4.69) is 11.3 Å². The zero-order valence-corrected chi connectivity index (χ0v) is 9.07. The molecule has 0 saturated carbocycles. The smallest absolute Gasteiger partial charge is 0.323 e. The summed E-state index contributed by atoms with van der Waals surface area (Å²) in [5.74, 6) is -0.571. The Hall–Kier alpha value is -0.640. The number of ether oxygens (including phenoxy) is 1. The first kappa shape index (κ1) is 13.4. The SMILES string of the molecule is C=CCOC(=O)C(N)CCP(C)(=O)O. The maximum atomic E-state index is 11.1.